The first kappa shape index (κ1) is 17.0. The van der Waals surface area contributed by atoms with E-state index in [-0.39, 0.29) is 0 Å². The van der Waals surface area contributed by atoms with E-state index in [1.165, 1.54) is 34.3 Å². The highest BCUT2D eigenvalue weighted by molar-refractivity contribution is 5.90. The van der Waals surface area contributed by atoms with Crippen molar-refractivity contribution in [3.8, 4) is 0 Å². The number of fused-ring (bicyclic) bond motifs is 3. The zero-order chi connectivity index (χ0) is 18.4. The lowest BCUT2D eigenvalue weighted by Crippen LogP contribution is -2.26. The molecule has 2 aromatic carbocycles. The topological polar surface area (TPSA) is 8.17 Å². The van der Waals surface area contributed by atoms with Crippen molar-refractivity contribution in [3.05, 3.63) is 70.4 Å². The van der Waals surface area contributed by atoms with Crippen molar-refractivity contribution in [1.82, 2.24) is 9.47 Å². The lowest BCUT2D eigenvalue weighted by Gasteiger charge is -2.23. The van der Waals surface area contributed by atoms with Crippen LogP contribution in [0.15, 0.2) is 36.4 Å². The van der Waals surface area contributed by atoms with Gasteiger partial charge in [-0.3, -0.25) is 0 Å². The first-order valence-electron chi connectivity index (χ1n) is 8.88. The molecule has 0 saturated carbocycles. The zero-order valence-electron chi connectivity index (χ0n) is 15.3. The number of rotatable bonds is 2. The van der Waals surface area contributed by atoms with Crippen LogP contribution in [0.2, 0.25) is 0 Å². The van der Waals surface area contributed by atoms with Crippen molar-refractivity contribution in [2.45, 2.75) is 26.8 Å². The van der Waals surface area contributed by atoms with Gasteiger partial charge in [0, 0.05) is 36.8 Å². The van der Waals surface area contributed by atoms with Crippen molar-refractivity contribution in [2.24, 2.45) is 0 Å². The van der Waals surface area contributed by atoms with Crippen LogP contribution in [0.25, 0.3) is 22.7 Å². The Morgan fingerprint density at radius 3 is 2.65 bits per heavy atom. The van der Waals surface area contributed by atoms with Gasteiger partial charge in [0.2, 0.25) is 0 Å². The van der Waals surface area contributed by atoms with Gasteiger partial charge in [0.1, 0.15) is 0 Å². The van der Waals surface area contributed by atoms with Gasteiger partial charge in [0.25, 0.3) is 0 Å². The highest BCUT2D eigenvalue weighted by Crippen LogP contribution is 2.32. The third-order valence-electron chi connectivity index (χ3n) is 5.23. The molecule has 2 nitrogen and oxygen atoms in total. The van der Waals surface area contributed by atoms with Gasteiger partial charge >= 0.3 is 0 Å². The molecule has 2 heterocycles. The minimum atomic E-state index is -0.816. The molecule has 4 heteroatoms. The fraction of sp³-hybridized carbons (Fsp3) is 0.273. The van der Waals surface area contributed by atoms with Crippen LogP contribution in [0.4, 0.5) is 8.78 Å². The summed E-state index contributed by atoms with van der Waals surface area (Å²) < 4.78 is 29.1. The van der Waals surface area contributed by atoms with Crippen molar-refractivity contribution < 1.29 is 8.78 Å². The number of allylic oxidation sites excluding steroid dienone is 1. The minimum Gasteiger partial charge on any atom is -0.320 e. The van der Waals surface area contributed by atoms with Gasteiger partial charge in [-0.15, -0.1) is 0 Å². The highest BCUT2D eigenvalue weighted by atomic mass is 19.2. The normalized spacial score (nSPS) is 15.5. The van der Waals surface area contributed by atoms with Crippen LogP contribution in [0, 0.1) is 18.6 Å². The van der Waals surface area contributed by atoms with E-state index in [4.69, 9.17) is 0 Å². The molecule has 0 spiro atoms. The number of benzene rings is 2. The Labute approximate surface area is 152 Å². The Morgan fingerprint density at radius 2 is 1.88 bits per heavy atom. The average Bonchev–Trinajstić information content (AvgIpc) is 2.90. The summed E-state index contributed by atoms with van der Waals surface area (Å²) in [4.78, 5) is 2.33. The molecule has 0 bridgehead atoms. The summed E-state index contributed by atoms with van der Waals surface area (Å²) in [5.74, 6) is -1.63. The second kappa shape index (κ2) is 6.36. The standard InChI is InChI=1S/C22H22F2N2/c1-14-4-7-21-17(10-14)18-13-25(3)9-8-22(18)26(21)12-15(2)16-5-6-19(23)20(24)11-16/h4-7,10-12H,8-9,13H2,1-3H3/b15-12-. The Balaban J connectivity index is 1.89. The number of nitrogens with zero attached hydrogens (tertiary/aromatic N) is 2. The minimum absolute atomic E-state index is 0.694. The molecule has 134 valence electrons. The number of hydrogen-bond donors (Lipinski definition) is 0. The quantitative estimate of drug-likeness (QED) is 0.613. The molecule has 26 heavy (non-hydrogen) atoms. The number of aryl methyl sites for hydroxylation is 1. The van der Waals surface area contributed by atoms with Crippen LogP contribution in [0.3, 0.4) is 0 Å². The molecular weight excluding hydrogens is 330 g/mol. The maximum atomic E-state index is 13.6. The fourth-order valence-electron chi connectivity index (χ4n) is 3.80. The predicted octanol–water partition coefficient (Wildman–Crippen LogP) is 5.23. The molecule has 0 amide bonds. The van der Waals surface area contributed by atoms with Crippen LogP contribution in [-0.4, -0.2) is 23.1 Å². The largest absolute Gasteiger partial charge is 0.320 e. The zero-order valence-corrected chi connectivity index (χ0v) is 15.3. The van der Waals surface area contributed by atoms with Gasteiger partial charge in [0.15, 0.2) is 11.6 Å². The SMILES string of the molecule is C/C(=C/n1c2c(c3cc(C)ccc31)CN(C)CC2)c1ccc(F)c(F)c1. The van der Waals surface area contributed by atoms with Crippen molar-refractivity contribution >= 4 is 22.7 Å². The predicted molar refractivity (Wildman–Crippen MR) is 103 cm³/mol. The van der Waals surface area contributed by atoms with Crippen LogP contribution in [0.1, 0.15) is 29.3 Å². The molecule has 0 fully saturated rings. The van der Waals surface area contributed by atoms with Gasteiger partial charge in [-0.2, -0.15) is 0 Å². The molecule has 1 aliphatic heterocycles. The van der Waals surface area contributed by atoms with Crippen LogP contribution >= 0.6 is 0 Å². The monoisotopic (exact) mass is 352 g/mol. The van der Waals surface area contributed by atoms with E-state index in [2.05, 4.69) is 47.8 Å². The molecule has 0 saturated heterocycles. The summed E-state index contributed by atoms with van der Waals surface area (Å²) in [7, 11) is 2.14. The van der Waals surface area contributed by atoms with Gasteiger partial charge in [-0.05, 0) is 61.9 Å². The summed E-state index contributed by atoms with van der Waals surface area (Å²) in [6.07, 6.45) is 3.02. The Kier molecular flexibility index (Phi) is 4.16. The third-order valence-corrected chi connectivity index (χ3v) is 5.23. The number of hydrogen-bond acceptors (Lipinski definition) is 1. The van der Waals surface area contributed by atoms with Gasteiger partial charge in [0.05, 0.1) is 5.52 Å². The van der Waals surface area contributed by atoms with Gasteiger partial charge < -0.3 is 9.47 Å². The van der Waals surface area contributed by atoms with E-state index in [9.17, 15) is 8.78 Å². The maximum absolute atomic E-state index is 13.6. The van der Waals surface area contributed by atoms with E-state index < -0.39 is 11.6 Å². The number of likely N-dealkylation sites (N-methyl/N-ethyl adjacent to an activating group) is 1. The summed E-state index contributed by atoms with van der Waals surface area (Å²) in [5.41, 5.74) is 6.69. The molecule has 3 aromatic rings. The first-order valence-corrected chi connectivity index (χ1v) is 8.88. The third kappa shape index (κ3) is 2.84. The Morgan fingerprint density at radius 1 is 1.08 bits per heavy atom. The van der Waals surface area contributed by atoms with Gasteiger partial charge in [-0.1, -0.05) is 17.7 Å². The van der Waals surface area contributed by atoms with E-state index in [0.29, 0.717) is 5.56 Å². The van der Waals surface area contributed by atoms with Crippen molar-refractivity contribution in [2.75, 3.05) is 13.6 Å². The van der Waals surface area contributed by atoms with E-state index in [0.717, 1.165) is 30.6 Å². The number of halogens is 2. The Hall–Kier alpha value is -2.46. The van der Waals surface area contributed by atoms with Gasteiger partial charge in [-0.25, -0.2) is 8.78 Å². The lowest BCUT2D eigenvalue weighted by molar-refractivity contribution is 0.312. The molecule has 1 aliphatic rings. The highest BCUT2D eigenvalue weighted by Gasteiger charge is 2.21. The molecule has 1 aromatic heterocycles. The fourth-order valence-corrected chi connectivity index (χ4v) is 3.80. The second-order valence-electron chi connectivity index (χ2n) is 7.24. The van der Waals surface area contributed by atoms with E-state index >= 15 is 0 Å². The number of aromatic nitrogens is 1. The summed E-state index contributed by atoms with van der Waals surface area (Å²) in [6, 6.07) is 10.6. The molecule has 0 aliphatic carbocycles. The second-order valence-corrected chi connectivity index (χ2v) is 7.24. The van der Waals surface area contributed by atoms with E-state index in [1.54, 1.807) is 6.07 Å². The van der Waals surface area contributed by atoms with Crippen molar-refractivity contribution in [3.63, 3.8) is 0 Å². The first-order chi connectivity index (χ1) is 12.4. The molecule has 0 N–H and O–H groups in total. The van der Waals surface area contributed by atoms with E-state index in [1.807, 2.05) is 6.92 Å². The van der Waals surface area contributed by atoms with Crippen molar-refractivity contribution in [1.29, 1.82) is 0 Å². The Bertz CT molecular complexity index is 1030. The smallest absolute Gasteiger partial charge is 0.159 e. The van der Waals surface area contributed by atoms with Crippen LogP contribution in [0.5, 0.6) is 0 Å². The maximum Gasteiger partial charge on any atom is 0.159 e. The lowest BCUT2D eigenvalue weighted by atomic mass is 10.0. The molecule has 4 rings (SSSR count). The summed E-state index contributed by atoms with van der Waals surface area (Å²) in [5, 5.41) is 1.28. The molecule has 0 unspecified atom stereocenters. The molecule has 0 atom stereocenters. The summed E-state index contributed by atoms with van der Waals surface area (Å²) >= 11 is 0. The van der Waals surface area contributed by atoms with Crippen LogP contribution < -0.4 is 0 Å². The molecular formula is C22H22F2N2. The average molecular weight is 352 g/mol. The summed E-state index contributed by atoms with van der Waals surface area (Å²) in [6.45, 7) is 5.99. The van der Waals surface area contributed by atoms with Crippen LogP contribution in [-0.2, 0) is 13.0 Å². The molecule has 0 radical (unpaired) electrons.